The number of aromatic nitrogens is 2. The highest BCUT2D eigenvalue weighted by Crippen LogP contribution is 2.20. The molecule has 0 fully saturated rings. The molecule has 2 N–H and O–H groups in total. The Kier molecular flexibility index (Phi) is 4.43. The first-order valence-corrected chi connectivity index (χ1v) is 6.11. The van der Waals surface area contributed by atoms with E-state index in [0.717, 1.165) is 5.52 Å². The molecule has 1 heterocycles. The molecular formula is C13H14N4O3. The van der Waals surface area contributed by atoms with Gasteiger partial charge in [-0.2, -0.15) is 0 Å². The molecule has 0 unspecified atom stereocenters. The number of urea groups is 1. The van der Waals surface area contributed by atoms with Gasteiger partial charge in [0.1, 0.15) is 6.33 Å². The molecule has 3 amide bonds. The first-order valence-electron chi connectivity index (χ1n) is 6.11. The average Bonchev–Trinajstić information content (AvgIpc) is 2.45. The average molecular weight is 274 g/mol. The molecule has 0 bridgehead atoms. The number of hydrogen-bond donors (Lipinski definition) is 2. The number of amides is 3. The number of ether oxygens (including phenoxy) is 1. The van der Waals surface area contributed by atoms with E-state index in [1.54, 1.807) is 13.0 Å². The van der Waals surface area contributed by atoms with E-state index in [2.05, 4.69) is 20.6 Å². The number of nitrogens with zero attached hydrogens (tertiary/aromatic N) is 2. The predicted molar refractivity (Wildman–Crippen MR) is 72.2 cm³/mol. The highest BCUT2D eigenvalue weighted by molar-refractivity contribution is 5.95. The normalized spacial score (nSPS) is 10.1. The van der Waals surface area contributed by atoms with E-state index >= 15 is 0 Å². The topological polar surface area (TPSA) is 93.2 Å². The van der Waals surface area contributed by atoms with Crippen molar-refractivity contribution in [2.24, 2.45) is 0 Å². The van der Waals surface area contributed by atoms with Crippen LogP contribution in [0.25, 0.3) is 10.9 Å². The van der Waals surface area contributed by atoms with Crippen molar-refractivity contribution < 1.29 is 14.3 Å². The van der Waals surface area contributed by atoms with Gasteiger partial charge in [0.05, 0.1) is 10.9 Å². The van der Waals surface area contributed by atoms with Crippen LogP contribution < -0.4 is 15.4 Å². The van der Waals surface area contributed by atoms with E-state index in [9.17, 15) is 9.59 Å². The van der Waals surface area contributed by atoms with Gasteiger partial charge in [-0.05, 0) is 19.1 Å². The SMILES string of the molecule is CCNC(=O)NC(=O)COc1ncnc2ccccc12. The first-order chi connectivity index (χ1) is 9.70. The Morgan fingerprint density at radius 2 is 2.05 bits per heavy atom. The Labute approximate surface area is 115 Å². The molecule has 0 aliphatic rings. The van der Waals surface area contributed by atoms with Crippen LogP contribution >= 0.6 is 0 Å². The number of nitrogens with one attached hydrogen (secondary N) is 2. The molecule has 104 valence electrons. The second-order valence-corrected chi connectivity index (χ2v) is 3.89. The van der Waals surface area contributed by atoms with E-state index in [1.165, 1.54) is 6.33 Å². The lowest BCUT2D eigenvalue weighted by Crippen LogP contribution is -2.41. The Hall–Kier alpha value is -2.70. The number of carbonyl (C=O) groups is 2. The van der Waals surface area contributed by atoms with Crippen LogP contribution in [0.4, 0.5) is 4.79 Å². The second-order valence-electron chi connectivity index (χ2n) is 3.89. The number of para-hydroxylation sites is 1. The molecule has 0 aliphatic carbocycles. The van der Waals surface area contributed by atoms with E-state index < -0.39 is 11.9 Å². The quantitative estimate of drug-likeness (QED) is 0.862. The van der Waals surface area contributed by atoms with Gasteiger partial charge in [0.15, 0.2) is 6.61 Å². The number of rotatable bonds is 4. The zero-order chi connectivity index (χ0) is 14.4. The van der Waals surface area contributed by atoms with Gasteiger partial charge in [-0.25, -0.2) is 14.8 Å². The third-order valence-electron chi connectivity index (χ3n) is 2.44. The molecule has 7 heteroatoms. The minimum Gasteiger partial charge on any atom is -0.467 e. The van der Waals surface area contributed by atoms with Gasteiger partial charge in [0, 0.05) is 6.54 Å². The summed E-state index contributed by atoms with van der Waals surface area (Å²) in [5.74, 6) is -0.236. The van der Waals surface area contributed by atoms with E-state index in [0.29, 0.717) is 17.8 Å². The van der Waals surface area contributed by atoms with E-state index in [4.69, 9.17) is 4.74 Å². The van der Waals surface area contributed by atoms with Crippen molar-refractivity contribution in [1.29, 1.82) is 0 Å². The number of benzene rings is 1. The lowest BCUT2D eigenvalue weighted by atomic mass is 10.2. The maximum atomic E-state index is 11.5. The van der Waals surface area contributed by atoms with Gasteiger partial charge >= 0.3 is 6.03 Å². The molecule has 0 aliphatic heterocycles. The fourth-order valence-corrected chi connectivity index (χ4v) is 1.60. The molecule has 2 rings (SSSR count). The van der Waals surface area contributed by atoms with Crippen LogP contribution in [0, 0.1) is 0 Å². The Bertz CT molecular complexity index is 625. The van der Waals surface area contributed by atoms with Crippen LogP contribution in [0.5, 0.6) is 5.88 Å². The van der Waals surface area contributed by atoms with Crippen molar-refractivity contribution in [2.45, 2.75) is 6.92 Å². The minimum absolute atomic E-state index is 0.294. The van der Waals surface area contributed by atoms with Gasteiger partial charge in [-0.3, -0.25) is 10.1 Å². The molecule has 0 atom stereocenters. The van der Waals surface area contributed by atoms with Gasteiger partial charge in [0.2, 0.25) is 5.88 Å². The summed E-state index contributed by atoms with van der Waals surface area (Å²) in [6, 6.07) is 6.74. The first kappa shape index (κ1) is 13.7. The second kappa shape index (κ2) is 6.46. The van der Waals surface area contributed by atoms with E-state index in [1.807, 2.05) is 18.2 Å². The molecule has 0 radical (unpaired) electrons. The summed E-state index contributed by atoms with van der Waals surface area (Å²) in [5.41, 5.74) is 0.724. The van der Waals surface area contributed by atoms with Crippen LogP contribution in [-0.2, 0) is 4.79 Å². The largest absolute Gasteiger partial charge is 0.467 e. The Balaban J connectivity index is 1.99. The monoisotopic (exact) mass is 274 g/mol. The predicted octanol–water partition coefficient (Wildman–Crippen LogP) is 0.854. The molecular weight excluding hydrogens is 260 g/mol. The zero-order valence-electron chi connectivity index (χ0n) is 10.9. The summed E-state index contributed by atoms with van der Waals surface area (Å²) in [7, 11) is 0. The molecule has 1 aromatic heterocycles. The van der Waals surface area contributed by atoms with Crippen LogP contribution in [0.2, 0.25) is 0 Å². The molecule has 20 heavy (non-hydrogen) atoms. The van der Waals surface area contributed by atoms with Crippen molar-refractivity contribution in [3.05, 3.63) is 30.6 Å². The summed E-state index contributed by atoms with van der Waals surface area (Å²) in [5, 5.41) is 5.30. The Morgan fingerprint density at radius 1 is 1.25 bits per heavy atom. The van der Waals surface area contributed by atoms with Gasteiger partial charge < -0.3 is 10.1 Å². The van der Waals surface area contributed by atoms with Crippen molar-refractivity contribution in [2.75, 3.05) is 13.2 Å². The van der Waals surface area contributed by atoms with Gasteiger partial charge in [-0.1, -0.05) is 12.1 Å². The summed E-state index contributed by atoms with van der Waals surface area (Å²) in [4.78, 5) is 30.7. The molecule has 2 aromatic rings. The zero-order valence-corrected chi connectivity index (χ0v) is 10.9. The Morgan fingerprint density at radius 3 is 2.85 bits per heavy atom. The molecule has 7 nitrogen and oxygen atoms in total. The number of fused-ring (bicyclic) bond motifs is 1. The maximum absolute atomic E-state index is 11.5. The van der Waals surface area contributed by atoms with Crippen molar-refractivity contribution in [1.82, 2.24) is 20.6 Å². The third-order valence-corrected chi connectivity index (χ3v) is 2.44. The maximum Gasteiger partial charge on any atom is 0.321 e. The van der Waals surface area contributed by atoms with Crippen LogP contribution in [0.15, 0.2) is 30.6 Å². The van der Waals surface area contributed by atoms with Crippen molar-refractivity contribution in [3.8, 4) is 5.88 Å². The van der Waals surface area contributed by atoms with Crippen LogP contribution in [-0.4, -0.2) is 35.1 Å². The fraction of sp³-hybridized carbons (Fsp3) is 0.231. The van der Waals surface area contributed by atoms with Crippen molar-refractivity contribution in [3.63, 3.8) is 0 Å². The van der Waals surface area contributed by atoms with Gasteiger partial charge in [0.25, 0.3) is 5.91 Å². The molecule has 0 saturated heterocycles. The lowest BCUT2D eigenvalue weighted by molar-refractivity contribution is -0.122. The number of carbonyl (C=O) groups excluding carboxylic acids is 2. The highest BCUT2D eigenvalue weighted by atomic mass is 16.5. The highest BCUT2D eigenvalue weighted by Gasteiger charge is 2.09. The minimum atomic E-state index is -0.548. The molecule has 0 saturated carbocycles. The lowest BCUT2D eigenvalue weighted by Gasteiger charge is -2.08. The summed E-state index contributed by atoms with van der Waals surface area (Å²) >= 11 is 0. The smallest absolute Gasteiger partial charge is 0.321 e. The van der Waals surface area contributed by atoms with Gasteiger partial charge in [-0.15, -0.1) is 0 Å². The summed E-state index contributed by atoms with van der Waals surface area (Å²) in [6.45, 7) is 1.91. The third kappa shape index (κ3) is 3.41. The van der Waals surface area contributed by atoms with E-state index in [-0.39, 0.29) is 6.61 Å². The standard InChI is InChI=1S/C13H14N4O3/c1-2-14-13(19)17-11(18)7-20-12-9-5-3-4-6-10(9)15-8-16-12/h3-6,8H,2,7H2,1H3,(H2,14,17,18,19). The molecule has 0 spiro atoms. The molecule has 1 aromatic carbocycles. The summed E-state index contributed by atoms with van der Waals surface area (Å²) in [6.07, 6.45) is 1.36. The van der Waals surface area contributed by atoms with Crippen molar-refractivity contribution >= 4 is 22.8 Å². The number of hydrogen-bond acceptors (Lipinski definition) is 5. The van der Waals surface area contributed by atoms with Crippen LogP contribution in [0.3, 0.4) is 0 Å². The van der Waals surface area contributed by atoms with Crippen LogP contribution in [0.1, 0.15) is 6.92 Å². The summed E-state index contributed by atoms with van der Waals surface area (Å²) < 4.78 is 5.32. The number of imide groups is 1. The fourth-order valence-electron chi connectivity index (χ4n) is 1.60.